The molecule has 8 nitrogen and oxygen atoms in total. The zero-order valence-electron chi connectivity index (χ0n) is 19.9. The largest absolute Gasteiger partial charge is 0.353 e. The fourth-order valence-corrected chi connectivity index (χ4v) is 5.35. The van der Waals surface area contributed by atoms with Crippen molar-refractivity contribution >= 4 is 29.3 Å². The maximum Gasteiger partial charge on any atom is 0.228 e. The van der Waals surface area contributed by atoms with E-state index in [1.54, 1.807) is 4.90 Å². The van der Waals surface area contributed by atoms with Gasteiger partial charge in [-0.15, -0.1) is 0 Å². The predicted octanol–water partition coefficient (Wildman–Crippen LogP) is 3.23. The van der Waals surface area contributed by atoms with E-state index in [0.29, 0.717) is 31.6 Å². The van der Waals surface area contributed by atoms with Crippen LogP contribution in [0.25, 0.3) is 0 Å². The van der Waals surface area contributed by atoms with Crippen LogP contribution in [0, 0.1) is 12.8 Å². The summed E-state index contributed by atoms with van der Waals surface area (Å²) in [6.45, 7) is 5.21. The Morgan fingerprint density at radius 1 is 1.00 bits per heavy atom. The Balaban J connectivity index is 1.18. The normalized spacial score (nSPS) is 21.7. The van der Waals surface area contributed by atoms with Crippen LogP contribution in [0.2, 0.25) is 0 Å². The van der Waals surface area contributed by atoms with E-state index < -0.39 is 0 Å². The highest BCUT2D eigenvalue weighted by atomic mass is 16.2. The number of aryl methyl sites for hydroxylation is 1. The number of hydrogen-bond acceptors (Lipinski definition) is 6. The van der Waals surface area contributed by atoms with Gasteiger partial charge >= 0.3 is 0 Å². The van der Waals surface area contributed by atoms with E-state index in [1.807, 2.05) is 48.2 Å². The van der Waals surface area contributed by atoms with Gasteiger partial charge in [0.2, 0.25) is 17.8 Å². The quantitative estimate of drug-likeness (QED) is 0.735. The summed E-state index contributed by atoms with van der Waals surface area (Å²) in [7, 11) is 0. The summed E-state index contributed by atoms with van der Waals surface area (Å²) in [5.41, 5.74) is 1.82. The van der Waals surface area contributed by atoms with Crippen molar-refractivity contribution in [1.82, 2.24) is 14.9 Å². The molecule has 2 aliphatic heterocycles. The Labute approximate surface area is 201 Å². The van der Waals surface area contributed by atoms with E-state index in [2.05, 4.69) is 15.2 Å². The third-order valence-electron chi connectivity index (χ3n) is 7.24. The fourth-order valence-electron chi connectivity index (χ4n) is 5.35. The predicted molar refractivity (Wildman–Crippen MR) is 133 cm³/mol. The maximum atomic E-state index is 13.2. The minimum atomic E-state index is -0.271. The average molecular weight is 463 g/mol. The number of carbonyl (C=O) groups is 2. The summed E-state index contributed by atoms with van der Waals surface area (Å²) >= 11 is 0. The first-order chi connectivity index (χ1) is 16.6. The smallest absolute Gasteiger partial charge is 0.228 e. The van der Waals surface area contributed by atoms with E-state index in [0.717, 1.165) is 30.3 Å². The molecule has 2 saturated heterocycles. The molecule has 3 fully saturated rings. The molecule has 0 radical (unpaired) electrons. The number of para-hydroxylation sites is 1. The van der Waals surface area contributed by atoms with Gasteiger partial charge in [0.15, 0.2) is 0 Å². The average Bonchev–Trinajstić information content (AvgIpc) is 3.26. The van der Waals surface area contributed by atoms with Gasteiger partial charge in [-0.25, -0.2) is 4.98 Å². The molecule has 1 unspecified atom stereocenters. The van der Waals surface area contributed by atoms with E-state index in [4.69, 9.17) is 4.98 Å². The van der Waals surface area contributed by atoms with Crippen LogP contribution in [0.4, 0.5) is 17.5 Å². The molecule has 5 rings (SSSR count). The van der Waals surface area contributed by atoms with Crippen LogP contribution in [0.15, 0.2) is 36.4 Å². The Morgan fingerprint density at radius 3 is 2.47 bits per heavy atom. The number of benzene rings is 1. The number of rotatable bonds is 5. The standard InChI is InChI=1S/C26H34N6O2/c1-19-16-23(29-26(27-19)28-21-8-4-2-5-9-21)30-12-14-31(15-13-30)25(34)20-17-24(33)32(18-20)22-10-6-3-7-11-22/h3,6-7,10-11,16,20-21H,2,4-5,8-9,12-15,17-18H2,1H3,(H,27,28,29). The minimum Gasteiger partial charge on any atom is -0.353 e. The minimum absolute atomic E-state index is 0.0256. The van der Waals surface area contributed by atoms with Crippen LogP contribution < -0.4 is 15.1 Å². The Bertz CT molecular complexity index is 1020. The summed E-state index contributed by atoms with van der Waals surface area (Å²) in [6.07, 6.45) is 6.50. The summed E-state index contributed by atoms with van der Waals surface area (Å²) in [6, 6.07) is 12.1. The third kappa shape index (κ3) is 5.00. The second kappa shape index (κ2) is 9.99. The van der Waals surface area contributed by atoms with Crippen molar-refractivity contribution in [3.63, 3.8) is 0 Å². The SMILES string of the molecule is Cc1cc(N2CCN(C(=O)C3CC(=O)N(c4ccccc4)C3)CC2)nc(NC2CCCCC2)n1. The highest BCUT2D eigenvalue weighted by Crippen LogP contribution is 2.27. The van der Waals surface area contributed by atoms with Gasteiger partial charge in [-0.05, 0) is 31.9 Å². The molecular formula is C26H34N6O2. The second-order valence-corrected chi connectivity index (χ2v) is 9.72. The summed E-state index contributed by atoms with van der Waals surface area (Å²) in [5, 5.41) is 3.54. The molecule has 180 valence electrons. The van der Waals surface area contributed by atoms with E-state index >= 15 is 0 Å². The van der Waals surface area contributed by atoms with Gasteiger partial charge in [0.25, 0.3) is 0 Å². The number of aromatic nitrogens is 2. The number of amides is 2. The van der Waals surface area contributed by atoms with E-state index in [1.165, 1.54) is 32.1 Å². The fraction of sp³-hybridized carbons (Fsp3) is 0.538. The number of hydrogen-bond donors (Lipinski definition) is 1. The highest BCUT2D eigenvalue weighted by molar-refractivity contribution is 6.00. The summed E-state index contributed by atoms with van der Waals surface area (Å²) < 4.78 is 0. The van der Waals surface area contributed by atoms with Crippen molar-refractivity contribution in [2.24, 2.45) is 5.92 Å². The lowest BCUT2D eigenvalue weighted by atomic mass is 9.96. The molecule has 8 heteroatoms. The van der Waals surface area contributed by atoms with Crippen LogP contribution in [-0.4, -0.2) is 65.4 Å². The maximum absolute atomic E-state index is 13.2. The molecule has 1 atom stereocenters. The van der Waals surface area contributed by atoms with Gasteiger partial charge in [0, 0.05) is 62.6 Å². The highest BCUT2D eigenvalue weighted by Gasteiger charge is 2.38. The van der Waals surface area contributed by atoms with Gasteiger partial charge in [-0.2, -0.15) is 4.98 Å². The Kier molecular flexibility index (Phi) is 6.65. The van der Waals surface area contributed by atoms with Crippen LogP contribution in [-0.2, 0) is 9.59 Å². The molecule has 0 bridgehead atoms. The van der Waals surface area contributed by atoms with E-state index in [-0.39, 0.29) is 24.2 Å². The van der Waals surface area contributed by atoms with Crippen LogP contribution in [0.5, 0.6) is 0 Å². The van der Waals surface area contributed by atoms with Gasteiger partial charge < -0.3 is 20.0 Å². The van der Waals surface area contributed by atoms with Crippen LogP contribution in [0.3, 0.4) is 0 Å². The van der Waals surface area contributed by atoms with Gasteiger partial charge in [0.05, 0.1) is 5.92 Å². The monoisotopic (exact) mass is 462 g/mol. The zero-order chi connectivity index (χ0) is 23.5. The Morgan fingerprint density at radius 2 is 1.74 bits per heavy atom. The number of nitrogens with zero attached hydrogens (tertiary/aromatic N) is 5. The van der Waals surface area contributed by atoms with Crippen molar-refractivity contribution in [1.29, 1.82) is 0 Å². The Hall–Kier alpha value is -3.16. The van der Waals surface area contributed by atoms with Crippen LogP contribution in [0.1, 0.15) is 44.2 Å². The van der Waals surface area contributed by atoms with Crippen molar-refractivity contribution < 1.29 is 9.59 Å². The topological polar surface area (TPSA) is 81.7 Å². The number of piperazine rings is 1. The number of nitrogens with one attached hydrogen (secondary N) is 1. The molecule has 0 spiro atoms. The molecular weight excluding hydrogens is 428 g/mol. The molecule has 2 amide bonds. The molecule has 1 saturated carbocycles. The third-order valence-corrected chi connectivity index (χ3v) is 7.24. The molecule has 3 aliphatic rings. The van der Waals surface area contributed by atoms with Gasteiger partial charge in [-0.3, -0.25) is 9.59 Å². The first-order valence-corrected chi connectivity index (χ1v) is 12.6. The van der Waals surface area contributed by atoms with Crippen molar-refractivity contribution in [3.05, 3.63) is 42.1 Å². The summed E-state index contributed by atoms with van der Waals surface area (Å²) in [4.78, 5) is 41.0. The molecule has 34 heavy (non-hydrogen) atoms. The molecule has 3 heterocycles. The molecule has 1 aliphatic carbocycles. The summed E-state index contributed by atoms with van der Waals surface area (Å²) in [5.74, 6) is 1.48. The van der Waals surface area contributed by atoms with Crippen molar-refractivity contribution in [3.8, 4) is 0 Å². The van der Waals surface area contributed by atoms with Crippen molar-refractivity contribution in [2.45, 2.75) is 51.5 Å². The molecule has 2 aromatic rings. The van der Waals surface area contributed by atoms with E-state index in [9.17, 15) is 9.59 Å². The van der Waals surface area contributed by atoms with Gasteiger partial charge in [0.1, 0.15) is 5.82 Å². The van der Waals surface area contributed by atoms with Crippen LogP contribution >= 0.6 is 0 Å². The zero-order valence-corrected chi connectivity index (χ0v) is 19.9. The van der Waals surface area contributed by atoms with Crippen molar-refractivity contribution in [2.75, 3.05) is 47.8 Å². The first-order valence-electron chi connectivity index (χ1n) is 12.6. The lowest BCUT2D eigenvalue weighted by Gasteiger charge is -2.36. The number of carbonyl (C=O) groups excluding carboxylic acids is 2. The molecule has 1 N–H and O–H groups in total. The molecule has 1 aromatic carbocycles. The second-order valence-electron chi connectivity index (χ2n) is 9.72. The first kappa shape index (κ1) is 22.6. The lowest BCUT2D eigenvalue weighted by Crippen LogP contribution is -2.51. The van der Waals surface area contributed by atoms with Gasteiger partial charge in [-0.1, -0.05) is 37.5 Å². The number of anilines is 3. The lowest BCUT2D eigenvalue weighted by molar-refractivity contribution is -0.136. The molecule has 1 aromatic heterocycles.